The van der Waals surface area contributed by atoms with Crippen molar-refractivity contribution in [1.82, 2.24) is 24.9 Å². The summed E-state index contributed by atoms with van der Waals surface area (Å²) in [7, 11) is 1.81. The number of nitrogens with zero attached hydrogens (tertiary/aromatic N) is 4. The fraction of sp³-hybridized carbons (Fsp3) is 0.409. The van der Waals surface area contributed by atoms with E-state index in [2.05, 4.69) is 20.8 Å². The number of anilines is 1. The lowest BCUT2D eigenvalue weighted by Crippen LogP contribution is -2.36. The molecule has 0 fully saturated rings. The number of rotatable bonds is 4. The van der Waals surface area contributed by atoms with Crippen molar-refractivity contribution in [1.29, 1.82) is 0 Å². The maximum atomic E-state index is 13.8. The van der Waals surface area contributed by atoms with E-state index in [-0.39, 0.29) is 24.3 Å². The third kappa shape index (κ3) is 3.96. The van der Waals surface area contributed by atoms with Gasteiger partial charge in [0.05, 0.1) is 17.9 Å². The Morgan fingerprint density at radius 1 is 1.22 bits per heavy atom. The summed E-state index contributed by atoms with van der Waals surface area (Å²) in [4.78, 5) is 12.9. The van der Waals surface area contributed by atoms with Gasteiger partial charge in [-0.3, -0.25) is 9.48 Å². The number of halogens is 3. The highest BCUT2D eigenvalue weighted by Crippen LogP contribution is 2.44. The minimum absolute atomic E-state index is 0.0706. The summed E-state index contributed by atoms with van der Waals surface area (Å²) < 4.78 is 44.1. The molecule has 0 unspecified atom stereocenters. The molecule has 4 rings (SSSR count). The largest absolute Gasteiger partial charge is 0.410 e. The Morgan fingerprint density at radius 2 is 1.91 bits per heavy atom. The lowest BCUT2D eigenvalue weighted by atomic mass is 9.96. The lowest BCUT2D eigenvalue weighted by molar-refractivity contribution is -0.173. The molecule has 7 nitrogen and oxygen atoms in total. The van der Waals surface area contributed by atoms with Crippen LogP contribution in [0.1, 0.15) is 56.9 Å². The van der Waals surface area contributed by atoms with E-state index in [0.29, 0.717) is 0 Å². The average molecular weight is 446 g/mol. The van der Waals surface area contributed by atoms with Gasteiger partial charge in [-0.05, 0) is 26.3 Å². The second-order valence-corrected chi connectivity index (χ2v) is 8.21. The van der Waals surface area contributed by atoms with Crippen molar-refractivity contribution in [2.45, 2.75) is 52.0 Å². The number of benzene rings is 1. The number of hydrogen-bond acceptors (Lipinski definition) is 4. The van der Waals surface area contributed by atoms with Gasteiger partial charge in [-0.1, -0.05) is 29.8 Å². The summed E-state index contributed by atoms with van der Waals surface area (Å²) >= 11 is 0. The van der Waals surface area contributed by atoms with Crippen molar-refractivity contribution in [2.75, 3.05) is 5.32 Å². The lowest BCUT2D eigenvalue weighted by Gasteiger charge is -2.34. The predicted octanol–water partition coefficient (Wildman–Crippen LogP) is 4.13. The van der Waals surface area contributed by atoms with Gasteiger partial charge in [0.2, 0.25) is 0 Å². The molecule has 2 atom stereocenters. The normalized spacial score (nSPS) is 18.2. The zero-order chi connectivity index (χ0) is 23.2. The van der Waals surface area contributed by atoms with Crippen LogP contribution in [0.2, 0.25) is 0 Å². The van der Waals surface area contributed by atoms with Gasteiger partial charge in [-0.2, -0.15) is 23.4 Å². The van der Waals surface area contributed by atoms with Gasteiger partial charge in [-0.15, -0.1) is 0 Å². The number of carbonyl (C=O) groups excluding carboxylic acids is 1. The van der Waals surface area contributed by atoms with Gasteiger partial charge in [0.25, 0.3) is 5.91 Å². The molecule has 170 valence electrons. The van der Waals surface area contributed by atoms with E-state index < -0.39 is 24.2 Å². The molecule has 3 heterocycles. The minimum atomic E-state index is -4.50. The van der Waals surface area contributed by atoms with Crippen LogP contribution < -0.4 is 10.6 Å². The van der Waals surface area contributed by atoms with Crippen LogP contribution in [0.5, 0.6) is 0 Å². The standard InChI is InChI=1S/C22H25F3N6O/c1-12-5-7-15(8-6-12)18-9-19(22(23,24)25)31-20(28-18)17(11-27-31)21(32)26-10-16-13(2)29-30(4)14(16)3/h5-8,11,18-19,28H,9-10H2,1-4H3,(H,26,32)/t18-,19+/m1/s1. The van der Waals surface area contributed by atoms with E-state index in [0.717, 1.165) is 32.8 Å². The minimum Gasteiger partial charge on any atom is -0.363 e. The molecule has 0 saturated carbocycles. The summed E-state index contributed by atoms with van der Waals surface area (Å²) in [5.41, 5.74) is 4.40. The molecule has 2 N–H and O–H groups in total. The molecule has 3 aromatic rings. The fourth-order valence-corrected chi connectivity index (χ4v) is 4.08. The van der Waals surface area contributed by atoms with Crippen molar-refractivity contribution in [3.8, 4) is 0 Å². The van der Waals surface area contributed by atoms with Crippen molar-refractivity contribution < 1.29 is 18.0 Å². The van der Waals surface area contributed by atoms with Crippen LogP contribution in [0.3, 0.4) is 0 Å². The first kappa shape index (κ1) is 21.9. The first-order valence-electron chi connectivity index (χ1n) is 10.3. The summed E-state index contributed by atoms with van der Waals surface area (Å²) in [5.74, 6) is -0.423. The Bertz CT molecular complexity index is 1150. The number of aromatic nitrogens is 4. The maximum Gasteiger partial charge on any atom is 0.410 e. The van der Waals surface area contributed by atoms with Crippen LogP contribution >= 0.6 is 0 Å². The highest BCUT2D eigenvalue weighted by Gasteiger charge is 2.47. The van der Waals surface area contributed by atoms with Crippen LogP contribution in [-0.2, 0) is 13.6 Å². The molecule has 1 aliphatic heterocycles. The van der Waals surface area contributed by atoms with E-state index in [1.807, 2.05) is 40.0 Å². The summed E-state index contributed by atoms with van der Waals surface area (Å²) in [5, 5.41) is 14.1. The summed E-state index contributed by atoms with van der Waals surface area (Å²) in [6.07, 6.45) is -3.52. The van der Waals surface area contributed by atoms with Crippen LogP contribution in [0, 0.1) is 20.8 Å². The highest BCUT2D eigenvalue weighted by molar-refractivity contribution is 5.98. The zero-order valence-electron chi connectivity index (χ0n) is 18.3. The molecule has 1 aromatic carbocycles. The number of nitrogens with one attached hydrogen (secondary N) is 2. The fourth-order valence-electron chi connectivity index (χ4n) is 4.08. The molecule has 2 aromatic heterocycles. The smallest absolute Gasteiger partial charge is 0.363 e. The molecule has 0 spiro atoms. The van der Waals surface area contributed by atoms with E-state index in [1.54, 1.807) is 16.8 Å². The Kier molecular flexibility index (Phi) is 5.47. The van der Waals surface area contributed by atoms with E-state index in [9.17, 15) is 18.0 Å². The van der Waals surface area contributed by atoms with Crippen LogP contribution in [0.4, 0.5) is 19.0 Å². The SMILES string of the molecule is Cc1ccc([C@H]2C[C@@H](C(F)(F)F)n3ncc(C(=O)NCc4c(C)nn(C)c4C)c3N2)cc1. The molecule has 0 aliphatic carbocycles. The predicted molar refractivity (Wildman–Crippen MR) is 113 cm³/mol. The van der Waals surface area contributed by atoms with Crippen molar-refractivity contribution in [2.24, 2.45) is 7.05 Å². The third-order valence-electron chi connectivity index (χ3n) is 6.05. The Morgan fingerprint density at radius 3 is 2.50 bits per heavy atom. The first-order chi connectivity index (χ1) is 15.1. The molecule has 0 saturated heterocycles. The first-order valence-corrected chi connectivity index (χ1v) is 10.3. The van der Waals surface area contributed by atoms with Crippen molar-refractivity contribution >= 4 is 11.7 Å². The van der Waals surface area contributed by atoms with Gasteiger partial charge in [0.1, 0.15) is 11.4 Å². The quantitative estimate of drug-likeness (QED) is 0.632. The van der Waals surface area contributed by atoms with E-state index in [1.165, 1.54) is 6.20 Å². The summed E-state index contributed by atoms with van der Waals surface area (Å²) in [6.45, 7) is 5.88. The third-order valence-corrected chi connectivity index (χ3v) is 6.05. The Hall–Kier alpha value is -3.30. The van der Waals surface area contributed by atoms with Crippen molar-refractivity contribution in [3.63, 3.8) is 0 Å². The van der Waals surface area contributed by atoms with Gasteiger partial charge >= 0.3 is 6.18 Å². The maximum absolute atomic E-state index is 13.8. The van der Waals surface area contributed by atoms with Crippen molar-refractivity contribution in [3.05, 3.63) is 64.1 Å². The zero-order valence-corrected chi connectivity index (χ0v) is 18.3. The average Bonchev–Trinajstić information content (AvgIpc) is 3.26. The Balaban J connectivity index is 1.63. The van der Waals surface area contributed by atoms with Crippen LogP contribution in [0.25, 0.3) is 0 Å². The number of aryl methyl sites for hydroxylation is 3. The van der Waals surface area contributed by atoms with E-state index in [4.69, 9.17) is 0 Å². The molecule has 0 radical (unpaired) electrons. The molecule has 1 aliphatic rings. The number of amides is 1. The van der Waals surface area contributed by atoms with Crippen LogP contribution in [-0.4, -0.2) is 31.6 Å². The molecule has 10 heteroatoms. The van der Waals surface area contributed by atoms with E-state index >= 15 is 0 Å². The molecular weight excluding hydrogens is 421 g/mol. The molecule has 0 bridgehead atoms. The molecular formula is C22H25F3N6O. The van der Waals surface area contributed by atoms with Gasteiger partial charge < -0.3 is 10.6 Å². The van der Waals surface area contributed by atoms with Gasteiger partial charge in [-0.25, -0.2) is 4.68 Å². The second-order valence-electron chi connectivity index (χ2n) is 8.21. The molecule has 1 amide bonds. The van der Waals surface area contributed by atoms with Gasteiger partial charge in [0.15, 0.2) is 6.04 Å². The Labute approximate surface area is 183 Å². The summed E-state index contributed by atoms with van der Waals surface area (Å²) in [6, 6.07) is 4.91. The van der Waals surface area contributed by atoms with Crippen LogP contribution in [0.15, 0.2) is 30.5 Å². The monoisotopic (exact) mass is 446 g/mol. The molecule has 32 heavy (non-hydrogen) atoms. The second kappa shape index (κ2) is 7.99. The number of fused-ring (bicyclic) bond motifs is 1. The number of alkyl halides is 3. The topological polar surface area (TPSA) is 76.8 Å². The number of hydrogen-bond donors (Lipinski definition) is 2. The highest BCUT2D eigenvalue weighted by atomic mass is 19.4. The van der Waals surface area contributed by atoms with Gasteiger partial charge in [0, 0.05) is 31.3 Å². The number of carbonyl (C=O) groups is 1.